The second-order valence-corrected chi connectivity index (χ2v) is 11.9. The van der Waals surface area contributed by atoms with Crippen molar-refractivity contribution < 1.29 is 0 Å². The van der Waals surface area contributed by atoms with Gasteiger partial charge >= 0.3 is 0 Å². The van der Waals surface area contributed by atoms with E-state index in [2.05, 4.69) is 74.5 Å². The fourth-order valence-electron chi connectivity index (χ4n) is 5.87. The summed E-state index contributed by atoms with van der Waals surface area (Å²) in [4.78, 5) is 9.95. The minimum absolute atomic E-state index is 0.952. The molecule has 0 fully saturated rings. The molecule has 2 aromatic carbocycles. The van der Waals surface area contributed by atoms with Crippen molar-refractivity contribution in [1.29, 1.82) is 0 Å². The molecule has 0 bridgehead atoms. The first kappa shape index (κ1) is 30.2. The Morgan fingerprint density at radius 1 is 0.400 bits per heavy atom. The van der Waals surface area contributed by atoms with Crippen molar-refractivity contribution in [1.82, 2.24) is 9.97 Å². The number of rotatable bonds is 19. The summed E-state index contributed by atoms with van der Waals surface area (Å²) in [5, 5.41) is 2.46. The summed E-state index contributed by atoms with van der Waals surface area (Å²) in [6.45, 7) is 4.57. The Balaban J connectivity index is 1.27. The molecule has 0 aliphatic carbocycles. The zero-order valence-electron chi connectivity index (χ0n) is 25.4. The lowest BCUT2D eigenvalue weighted by Gasteiger charge is -2.08. The number of hydrogen-bond acceptors (Lipinski definition) is 2. The van der Waals surface area contributed by atoms with E-state index in [1.54, 1.807) is 0 Å². The second kappa shape index (κ2) is 17.2. The van der Waals surface area contributed by atoms with E-state index in [4.69, 9.17) is 9.97 Å². The number of hydrogen-bond donors (Lipinski definition) is 0. The van der Waals surface area contributed by atoms with Crippen molar-refractivity contribution in [2.75, 3.05) is 0 Å². The molecule has 4 rings (SSSR count). The molecular formula is C38H52N2. The SMILES string of the molecule is CCCCCCCCCCc1ccc2nc(-c3ccc4cc(CCCCCCCCCC)ccc4n3)ccc2c1. The van der Waals surface area contributed by atoms with E-state index in [-0.39, 0.29) is 0 Å². The van der Waals surface area contributed by atoms with Crippen LogP contribution >= 0.6 is 0 Å². The van der Waals surface area contributed by atoms with E-state index in [1.165, 1.54) is 137 Å². The van der Waals surface area contributed by atoms with Crippen LogP contribution < -0.4 is 0 Å². The average Bonchev–Trinajstić information content (AvgIpc) is 2.99. The molecule has 4 aromatic rings. The summed E-state index contributed by atoms with van der Waals surface area (Å²) < 4.78 is 0. The Morgan fingerprint density at radius 3 is 1.18 bits per heavy atom. The Kier molecular flexibility index (Phi) is 13.0. The normalized spacial score (nSPS) is 11.6. The van der Waals surface area contributed by atoms with E-state index < -0.39 is 0 Å². The first-order valence-electron chi connectivity index (χ1n) is 16.6. The molecule has 0 saturated carbocycles. The quantitative estimate of drug-likeness (QED) is 0.111. The number of pyridine rings is 2. The van der Waals surface area contributed by atoms with Crippen LogP contribution in [0.25, 0.3) is 33.2 Å². The molecule has 0 saturated heterocycles. The van der Waals surface area contributed by atoms with Gasteiger partial charge in [-0.2, -0.15) is 0 Å². The van der Waals surface area contributed by atoms with E-state index in [0.29, 0.717) is 0 Å². The van der Waals surface area contributed by atoms with Crippen LogP contribution in [0.15, 0.2) is 60.7 Å². The summed E-state index contributed by atoms with van der Waals surface area (Å²) in [6, 6.07) is 22.3. The van der Waals surface area contributed by atoms with E-state index in [9.17, 15) is 0 Å². The van der Waals surface area contributed by atoms with Crippen molar-refractivity contribution in [2.24, 2.45) is 0 Å². The van der Waals surface area contributed by atoms with Gasteiger partial charge in [-0.1, -0.05) is 128 Å². The lowest BCUT2D eigenvalue weighted by atomic mass is 10.0. The maximum atomic E-state index is 4.98. The van der Waals surface area contributed by atoms with E-state index in [0.717, 1.165) is 22.4 Å². The number of nitrogens with zero attached hydrogens (tertiary/aromatic N) is 2. The molecule has 2 heteroatoms. The highest BCUT2D eigenvalue weighted by atomic mass is 14.8. The van der Waals surface area contributed by atoms with Crippen LogP contribution in [0.2, 0.25) is 0 Å². The molecule has 0 unspecified atom stereocenters. The Hall–Kier alpha value is -2.74. The Bertz CT molecular complexity index is 1190. The van der Waals surface area contributed by atoms with Crippen LogP contribution in [0.1, 0.15) is 128 Å². The summed E-state index contributed by atoms with van der Waals surface area (Å²) in [6.07, 6.45) is 24.2. The standard InChI is InChI=1S/C38H52N2/c1-3-5-7-9-11-13-15-17-19-31-21-25-35-33(29-31)23-27-37(39-35)38-28-24-34-30-32(22-26-36(34)40-38)20-18-16-14-12-10-8-6-4-2/h21-30H,3-20H2,1-2H3. The third-order valence-corrected chi connectivity index (χ3v) is 8.41. The first-order valence-corrected chi connectivity index (χ1v) is 16.6. The number of benzene rings is 2. The summed E-state index contributed by atoms with van der Waals surface area (Å²) in [5.74, 6) is 0. The Labute approximate surface area is 244 Å². The van der Waals surface area contributed by atoms with Gasteiger partial charge in [0.15, 0.2) is 0 Å². The molecule has 0 amide bonds. The van der Waals surface area contributed by atoms with Crippen LogP contribution in [0.4, 0.5) is 0 Å². The van der Waals surface area contributed by atoms with Crippen LogP contribution in [-0.4, -0.2) is 9.97 Å². The number of fused-ring (bicyclic) bond motifs is 2. The summed E-state index contributed by atoms with van der Waals surface area (Å²) in [7, 11) is 0. The second-order valence-electron chi connectivity index (χ2n) is 11.9. The largest absolute Gasteiger partial charge is 0.246 e. The lowest BCUT2D eigenvalue weighted by Crippen LogP contribution is -1.92. The molecule has 0 aliphatic heterocycles. The van der Waals surface area contributed by atoms with Gasteiger partial charge in [-0.25, -0.2) is 9.97 Å². The van der Waals surface area contributed by atoms with Gasteiger partial charge in [0.05, 0.1) is 22.4 Å². The minimum Gasteiger partial charge on any atom is -0.246 e. The zero-order chi connectivity index (χ0) is 27.8. The van der Waals surface area contributed by atoms with E-state index in [1.807, 2.05) is 0 Å². The predicted octanol–water partition coefficient (Wildman–Crippen LogP) is 11.8. The van der Waals surface area contributed by atoms with Gasteiger partial charge in [0.25, 0.3) is 0 Å². The van der Waals surface area contributed by atoms with Crippen LogP contribution in [0.3, 0.4) is 0 Å². The molecule has 0 radical (unpaired) electrons. The molecule has 0 atom stereocenters. The lowest BCUT2D eigenvalue weighted by molar-refractivity contribution is 0.575. The maximum absolute atomic E-state index is 4.98. The third-order valence-electron chi connectivity index (χ3n) is 8.41. The molecule has 0 spiro atoms. The van der Waals surface area contributed by atoms with Gasteiger partial charge < -0.3 is 0 Å². The molecule has 2 aromatic heterocycles. The average molecular weight is 537 g/mol. The third kappa shape index (κ3) is 9.72. The highest BCUT2D eigenvalue weighted by molar-refractivity contribution is 5.84. The highest BCUT2D eigenvalue weighted by Gasteiger charge is 2.07. The first-order chi connectivity index (χ1) is 19.8. The number of aryl methyl sites for hydroxylation is 2. The smallest absolute Gasteiger partial charge is 0.0894 e. The fraction of sp³-hybridized carbons (Fsp3) is 0.526. The van der Waals surface area contributed by atoms with Crippen molar-refractivity contribution in [3.05, 3.63) is 71.8 Å². The van der Waals surface area contributed by atoms with Crippen molar-refractivity contribution >= 4 is 21.8 Å². The van der Waals surface area contributed by atoms with Gasteiger partial charge in [0.1, 0.15) is 0 Å². The van der Waals surface area contributed by atoms with Crippen LogP contribution in [0.5, 0.6) is 0 Å². The van der Waals surface area contributed by atoms with Gasteiger partial charge in [0, 0.05) is 10.8 Å². The van der Waals surface area contributed by atoms with Gasteiger partial charge in [-0.3, -0.25) is 0 Å². The molecule has 2 heterocycles. The molecule has 0 aliphatic rings. The highest BCUT2D eigenvalue weighted by Crippen LogP contribution is 2.25. The molecule has 214 valence electrons. The monoisotopic (exact) mass is 536 g/mol. The van der Waals surface area contributed by atoms with Gasteiger partial charge in [0.2, 0.25) is 0 Å². The van der Waals surface area contributed by atoms with Crippen molar-refractivity contribution in [3.63, 3.8) is 0 Å². The van der Waals surface area contributed by atoms with Crippen LogP contribution in [-0.2, 0) is 12.8 Å². The molecule has 0 N–H and O–H groups in total. The Morgan fingerprint density at radius 2 is 0.775 bits per heavy atom. The van der Waals surface area contributed by atoms with Crippen LogP contribution in [0, 0.1) is 0 Å². The van der Waals surface area contributed by atoms with Crippen molar-refractivity contribution in [3.8, 4) is 11.4 Å². The summed E-state index contributed by atoms with van der Waals surface area (Å²) >= 11 is 0. The number of aromatic nitrogens is 2. The minimum atomic E-state index is 0.952. The number of unbranched alkanes of at least 4 members (excludes halogenated alkanes) is 14. The zero-order valence-corrected chi connectivity index (χ0v) is 25.4. The maximum Gasteiger partial charge on any atom is 0.0894 e. The van der Waals surface area contributed by atoms with Gasteiger partial charge in [-0.05, 0) is 73.2 Å². The molecular weight excluding hydrogens is 484 g/mol. The van der Waals surface area contributed by atoms with Gasteiger partial charge in [-0.15, -0.1) is 0 Å². The van der Waals surface area contributed by atoms with Crippen molar-refractivity contribution in [2.45, 2.75) is 129 Å². The molecule has 2 nitrogen and oxygen atoms in total. The molecule has 40 heavy (non-hydrogen) atoms. The topological polar surface area (TPSA) is 25.8 Å². The summed E-state index contributed by atoms with van der Waals surface area (Å²) in [5.41, 5.74) is 6.88. The fourth-order valence-corrected chi connectivity index (χ4v) is 5.87. The van der Waals surface area contributed by atoms with E-state index >= 15 is 0 Å². The predicted molar refractivity (Wildman–Crippen MR) is 175 cm³/mol.